The van der Waals surface area contributed by atoms with Crippen LogP contribution in [-0.2, 0) is 22.9 Å². The van der Waals surface area contributed by atoms with Crippen molar-refractivity contribution in [3.8, 4) is 17.1 Å². The number of anilines is 2. The van der Waals surface area contributed by atoms with Crippen molar-refractivity contribution in [2.75, 3.05) is 23.9 Å². The summed E-state index contributed by atoms with van der Waals surface area (Å²) in [6.45, 7) is -3.09. The zero-order valence-electron chi connectivity index (χ0n) is 24.6. The van der Waals surface area contributed by atoms with Crippen molar-refractivity contribution < 1.29 is 34.6 Å². The first-order chi connectivity index (χ1) is 21.3. The highest BCUT2D eigenvalue weighted by Crippen LogP contribution is 2.33. The van der Waals surface area contributed by atoms with Crippen molar-refractivity contribution in [2.45, 2.75) is 13.1 Å². The third-order valence-electron chi connectivity index (χ3n) is 6.17. The summed E-state index contributed by atoms with van der Waals surface area (Å²) in [6, 6.07) is 19.1. The molecule has 43 heavy (non-hydrogen) atoms. The maximum Gasteiger partial charge on any atom is 0.407 e. The standard InChI is InChI=1S/C30H26ClFN4O6S/c1-43(39,40)12-11-36(30(37)38)16-23-7-10-27(42-23)20-5-8-26-24(14-20)29(34-18-33-26)35-22-6-9-28(25(31)15-22)41-17-19-3-2-4-21(32)13-19/h2-10,13-15,18H,11-12,16-17H2,1H3,(H,37,38)(H,33,34,35)/i16D2. The Morgan fingerprint density at radius 1 is 1.14 bits per heavy atom. The number of nitrogens with one attached hydrogen (secondary N) is 1. The van der Waals surface area contributed by atoms with Gasteiger partial charge in [0.2, 0.25) is 0 Å². The normalized spacial score (nSPS) is 12.4. The highest BCUT2D eigenvalue weighted by atomic mass is 35.5. The van der Waals surface area contributed by atoms with E-state index in [0.29, 0.717) is 49.2 Å². The van der Waals surface area contributed by atoms with Gasteiger partial charge in [-0.15, -0.1) is 0 Å². The molecule has 10 nitrogen and oxygen atoms in total. The van der Waals surface area contributed by atoms with Crippen LogP contribution in [0.2, 0.25) is 5.02 Å². The molecule has 0 atom stereocenters. The van der Waals surface area contributed by atoms with E-state index in [-0.39, 0.29) is 23.9 Å². The number of carboxylic acid groups (broad SMARTS) is 1. The minimum Gasteiger partial charge on any atom is -0.487 e. The number of halogens is 2. The fourth-order valence-electron chi connectivity index (χ4n) is 4.07. The predicted molar refractivity (Wildman–Crippen MR) is 161 cm³/mol. The van der Waals surface area contributed by atoms with Crippen LogP contribution in [0.15, 0.2) is 83.5 Å². The van der Waals surface area contributed by atoms with Crippen LogP contribution in [0.1, 0.15) is 14.1 Å². The van der Waals surface area contributed by atoms with Gasteiger partial charge in [-0.05, 0) is 66.2 Å². The van der Waals surface area contributed by atoms with Crippen molar-refractivity contribution in [1.29, 1.82) is 0 Å². The average Bonchev–Trinajstić information content (AvgIpc) is 3.48. The molecule has 0 saturated carbocycles. The molecule has 0 aliphatic heterocycles. The minimum absolute atomic E-state index is 0.134. The second-order valence-corrected chi connectivity index (χ2v) is 12.1. The van der Waals surface area contributed by atoms with E-state index in [1.165, 1.54) is 30.6 Å². The molecule has 0 bridgehead atoms. The number of benzene rings is 3. The lowest BCUT2D eigenvalue weighted by Crippen LogP contribution is -2.33. The van der Waals surface area contributed by atoms with Gasteiger partial charge in [-0.1, -0.05) is 23.7 Å². The number of aromatic nitrogens is 2. The Hall–Kier alpha value is -4.68. The fourth-order valence-corrected chi connectivity index (χ4v) is 4.82. The Morgan fingerprint density at radius 2 is 1.98 bits per heavy atom. The van der Waals surface area contributed by atoms with Crippen LogP contribution >= 0.6 is 11.6 Å². The van der Waals surface area contributed by atoms with E-state index in [0.717, 1.165) is 6.26 Å². The lowest BCUT2D eigenvalue weighted by Gasteiger charge is -2.17. The molecule has 0 unspecified atom stereocenters. The number of fused-ring (bicyclic) bond motifs is 1. The zero-order valence-corrected chi connectivity index (χ0v) is 24.2. The number of hydrogen-bond donors (Lipinski definition) is 2. The monoisotopic (exact) mass is 626 g/mol. The molecule has 5 aromatic rings. The number of amides is 1. The fraction of sp³-hybridized carbons (Fsp3) is 0.167. The van der Waals surface area contributed by atoms with Crippen LogP contribution in [-0.4, -0.2) is 53.0 Å². The Labute approximate surface area is 254 Å². The Morgan fingerprint density at radius 3 is 2.72 bits per heavy atom. The molecule has 0 spiro atoms. The third kappa shape index (κ3) is 7.79. The topological polar surface area (TPSA) is 135 Å². The van der Waals surface area contributed by atoms with Crippen LogP contribution in [0.4, 0.5) is 20.7 Å². The number of nitrogens with zero attached hydrogens (tertiary/aromatic N) is 3. The molecule has 2 N–H and O–H groups in total. The summed E-state index contributed by atoms with van der Waals surface area (Å²) in [5, 5.41) is 13.7. The molecule has 13 heteroatoms. The number of furan rings is 1. The highest BCUT2D eigenvalue weighted by Gasteiger charge is 2.18. The van der Waals surface area contributed by atoms with Crippen LogP contribution in [0.5, 0.6) is 5.75 Å². The second kappa shape index (κ2) is 12.7. The molecule has 3 aromatic carbocycles. The van der Waals surface area contributed by atoms with E-state index in [1.54, 1.807) is 48.5 Å². The second-order valence-electron chi connectivity index (χ2n) is 9.48. The summed E-state index contributed by atoms with van der Waals surface area (Å²) in [5.41, 5.74) is 2.37. The number of sulfone groups is 1. The summed E-state index contributed by atoms with van der Waals surface area (Å²) in [4.78, 5) is 20.8. The van der Waals surface area contributed by atoms with Gasteiger partial charge in [-0.2, -0.15) is 0 Å². The molecule has 0 fully saturated rings. The molecule has 2 aromatic heterocycles. The quantitative estimate of drug-likeness (QED) is 0.168. The smallest absolute Gasteiger partial charge is 0.407 e. The van der Waals surface area contributed by atoms with Crippen molar-refractivity contribution in [2.24, 2.45) is 0 Å². The summed E-state index contributed by atoms with van der Waals surface area (Å²) in [7, 11) is -3.54. The van der Waals surface area contributed by atoms with E-state index in [2.05, 4.69) is 15.3 Å². The van der Waals surface area contributed by atoms with Gasteiger partial charge in [0, 0.05) is 29.4 Å². The maximum atomic E-state index is 13.5. The molecule has 0 saturated heterocycles. The van der Waals surface area contributed by atoms with E-state index in [9.17, 15) is 22.7 Å². The van der Waals surface area contributed by atoms with Crippen LogP contribution in [0.25, 0.3) is 22.2 Å². The largest absolute Gasteiger partial charge is 0.487 e. The van der Waals surface area contributed by atoms with Gasteiger partial charge in [0.15, 0.2) is 0 Å². The Bertz CT molecular complexity index is 1990. The molecule has 0 radical (unpaired) electrons. The van der Waals surface area contributed by atoms with Crippen LogP contribution in [0, 0.1) is 5.82 Å². The number of carbonyl (C=O) groups is 1. The number of ether oxygens (including phenoxy) is 1. The van der Waals surface area contributed by atoms with Gasteiger partial charge in [0.25, 0.3) is 0 Å². The van der Waals surface area contributed by atoms with E-state index in [4.69, 9.17) is 23.5 Å². The number of rotatable bonds is 11. The summed E-state index contributed by atoms with van der Waals surface area (Å²) in [6.07, 6.45) is 0.695. The van der Waals surface area contributed by atoms with Crippen LogP contribution < -0.4 is 10.1 Å². The summed E-state index contributed by atoms with van der Waals surface area (Å²) < 4.78 is 64.9. The molecule has 0 aliphatic carbocycles. The average molecular weight is 627 g/mol. The van der Waals surface area contributed by atoms with E-state index >= 15 is 0 Å². The number of hydrogen-bond acceptors (Lipinski definition) is 8. The Kier molecular flexibility index (Phi) is 8.01. The predicted octanol–water partition coefficient (Wildman–Crippen LogP) is 6.53. The van der Waals surface area contributed by atoms with Gasteiger partial charge < -0.3 is 19.6 Å². The molecule has 1 amide bonds. The van der Waals surface area contributed by atoms with Gasteiger partial charge in [-0.3, -0.25) is 4.90 Å². The molecule has 2 heterocycles. The summed E-state index contributed by atoms with van der Waals surface area (Å²) >= 11 is 6.45. The van der Waals surface area contributed by atoms with Gasteiger partial charge in [0.1, 0.15) is 51.7 Å². The maximum absolute atomic E-state index is 13.5. The molecule has 0 aliphatic rings. The van der Waals surface area contributed by atoms with Gasteiger partial charge >= 0.3 is 6.09 Å². The molecule has 5 rings (SSSR count). The molecular weight excluding hydrogens is 599 g/mol. The Balaban J connectivity index is 1.37. The zero-order chi connectivity index (χ0) is 32.4. The van der Waals surface area contributed by atoms with Crippen LogP contribution in [0.3, 0.4) is 0 Å². The SMILES string of the molecule is [2H]C([2H])(c1ccc(-c2ccc3ncnc(Nc4ccc(OCc5cccc(F)c5)c(Cl)c4)c3c2)o1)N(CCS(C)(=O)=O)C(=O)O. The first-order valence-corrected chi connectivity index (χ1v) is 15.2. The van der Waals surface area contributed by atoms with Gasteiger partial charge in [-0.25, -0.2) is 27.6 Å². The summed E-state index contributed by atoms with van der Waals surface area (Å²) in [5.74, 6) is -0.142. The van der Waals surface area contributed by atoms with E-state index < -0.39 is 34.7 Å². The minimum atomic E-state index is -3.54. The first-order valence-electron chi connectivity index (χ1n) is 13.8. The van der Waals surface area contributed by atoms with Crippen molar-refractivity contribution in [3.05, 3.63) is 101 Å². The van der Waals surface area contributed by atoms with Crippen molar-refractivity contribution in [1.82, 2.24) is 14.9 Å². The van der Waals surface area contributed by atoms with Gasteiger partial charge in [0.05, 0.1) is 25.5 Å². The molecule has 222 valence electrons. The van der Waals surface area contributed by atoms with Crippen molar-refractivity contribution in [3.63, 3.8) is 0 Å². The van der Waals surface area contributed by atoms with E-state index in [1.807, 2.05) is 0 Å². The lowest BCUT2D eigenvalue weighted by atomic mass is 10.1. The third-order valence-corrected chi connectivity index (χ3v) is 7.39. The van der Waals surface area contributed by atoms with Crippen molar-refractivity contribution >= 4 is 49.9 Å². The lowest BCUT2D eigenvalue weighted by molar-refractivity contribution is 0.142. The highest BCUT2D eigenvalue weighted by molar-refractivity contribution is 7.90. The molecular formula is C30H26ClFN4O6S. The first kappa shape index (κ1) is 27.2.